The minimum Gasteiger partial charge on any atom is -0.491 e. The second-order valence-electron chi connectivity index (χ2n) is 5.65. The highest BCUT2D eigenvalue weighted by atomic mass is 32.1. The number of carbonyl (C=O) groups excluding carboxylic acids is 1. The number of ketones is 1. The predicted octanol–water partition coefficient (Wildman–Crippen LogP) is 4.77. The molecular weight excluding hydrogens is 336 g/mol. The van der Waals surface area contributed by atoms with Gasteiger partial charge in [0.1, 0.15) is 10.6 Å². The first-order valence-corrected chi connectivity index (χ1v) is 8.94. The van der Waals surface area contributed by atoms with Gasteiger partial charge in [0, 0.05) is 22.1 Å². The molecule has 0 aliphatic rings. The van der Waals surface area contributed by atoms with Gasteiger partial charge in [0.25, 0.3) is 0 Å². The number of hydrogen-bond acceptors (Lipinski definition) is 4. The first-order chi connectivity index (χ1) is 12.2. The minimum absolute atomic E-state index is 0.0534. The number of thiophene rings is 1. The molecule has 2 aromatic carbocycles. The fraction of sp³-hybridized carbons (Fsp3) is 0.200. The summed E-state index contributed by atoms with van der Waals surface area (Å²) in [4.78, 5) is 24.0. The topological polar surface area (TPSA) is 63.6 Å². The Morgan fingerprint density at radius 2 is 1.68 bits per heavy atom. The van der Waals surface area contributed by atoms with Crippen molar-refractivity contribution in [1.82, 2.24) is 0 Å². The number of ether oxygens (including phenoxy) is 1. The zero-order valence-electron chi connectivity index (χ0n) is 13.6. The van der Waals surface area contributed by atoms with Gasteiger partial charge in [-0.1, -0.05) is 42.5 Å². The highest BCUT2D eigenvalue weighted by molar-refractivity contribution is 7.21. The summed E-state index contributed by atoms with van der Waals surface area (Å²) in [5, 5.41) is 9.62. The van der Waals surface area contributed by atoms with E-state index in [2.05, 4.69) is 0 Å². The number of rotatable bonds is 8. The molecule has 1 heterocycles. The Labute approximate surface area is 149 Å². The second-order valence-corrected chi connectivity index (χ2v) is 6.70. The van der Waals surface area contributed by atoms with Crippen molar-refractivity contribution < 1.29 is 19.4 Å². The first-order valence-electron chi connectivity index (χ1n) is 8.12. The van der Waals surface area contributed by atoms with Crippen LogP contribution >= 0.6 is 11.3 Å². The molecule has 0 saturated carbocycles. The molecule has 1 N–H and O–H groups in total. The van der Waals surface area contributed by atoms with Crippen molar-refractivity contribution in [3.05, 3.63) is 65.0 Å². The van der Waals surface area contributed by atoms with Crippen LogP contribution in [0.4, 0.5) is 0 Å². The van der Waals surface area contributed by atoms with E-state index < -0.39 is 5.97 Å². The summed E-state index contributed by atoms with van der Waals surface area (Å²) in [6, 6.07) is 16.9. The summed E-state index contributed by atoms with van der Waals surface area (Å²) in [5.74, 6) is -0.256. The Bertz CT molecular complexity index is 883. The zero-order valence-corrected chi connectivity index (χ0v) is 14.4. The van der Waals surface area contributed by atoms with Crippen LogP contribution in [0.2, 0.25) is 0 Å². The van der Waals surface area contributed by atoms with Crippen LogP contribution in [0.25, 0.3) is 10.1 Å². The number of unbranched alkanes of at least 4 members (excludes halogenated alkanes) is 1. The van der Waals surface area contributed by atoms with Crippen LogP contribution < -0.4 is 4.74 Å². The van der Waals surface area contributed by atoms with Crippen LogP contribution in [0.1, 0.15) is 34.5 Å². The van der Waals surface area contributed by atoms with E-state index >= 15 is 0 Å². The zero-order chi connectivity index (χ0) is 17.6. The fourth-order valence-electron chi connectivity index (χ4n) is 2.59. The van der Waals surface area contributed by atoms with E-state index in [0.29, 0.717) is 35.6 Å². The van der Waals surface area contributed by atoms with Gasteiger partial charge in [-0.25, -0.2) is 0 Å². The van der Waals surface area contributed by atoms with Crippen LogP contribution in [-0.4, -0.2) is 23.5 Å². The monoisotopic (exact) mass is 354 g/mol. The van der Waals surface area contributed by atoms with Crippen molar-refractivity contribution in [2.24, 2.45) is 0 Å². The maximum Gasteiger partial charge on any atom is 0.303 e. The van der Waals surface area contributed by atoms with Gasteiger partial charge in [-0.15, -0.1) is 11.3 Å². The van der Waals surface area contributed by atoms with Gasteiger partial charge in [0.05, 0.1) is 6.61 Å². The number of carboxylic acid groups (broad SMARTS) is 1. The summed E-state index contributed by atoms with van der Waals surface area (Å²) in [7, 11) is 0. The van der Waals surface area contributed by atoms with Crippen LogP contribution in [0.3, 0.4) is 0 Å². The van der Waals surface area contributed by atoms with Crippen molar-refractivity contribution in [3.8, 4) is 5.75 Å². The van der Waals surface area contributed by atoms with E-state index in [9.17, 15) is 9.59 Å². The maximum absolute atomic E-state index is 12.9. The molecule has 0 radical (unpaired) electrons. The first kappa shape index (κ1) is 17.2. The van der Waals surface area contributed by atoms with E-state index in [-0.39, 0.29) is 12.2 Å². The molecule has 3 aromatic rings. The molecule has 0 unspecified atom stereocenters. The highest BCUT2D eigenvalue weighted by Gasteiger charge is 2.20. The maximum atomic E-state index is 12.9. The normalized spacial score (nSPS) is 10.7. The molecule has 0 aliphatic heterocycles. The molecule has 0 bridgehead atoms. The average Bonchev–Trinajstić information content (AvgIpc) is 3.00. The van der Waals surface area contributed by atoms with Crippen LogP contribution in [0.5, 0.6) is 5.75 Å². The number of hydrogen-bond donors (Lipinski definition) is 1. The smallest absolute Gasteiger partial charge is 0.303 e. The minimum atomic E-state index is -0.805. The predicted molar refractivity (Wildman–Crippen MR) is 98.7 cm³/mol. The Morgan fingerprint density at radius 1 is 0.960 bits per heavy atom. The van der Waals surface area contributed by atoms with E-state index in [1.807, 2.05) is 42.5 Å². The highest BCUT2D eigenvalue weighted by Crippen LogP contribution is 2.39. The molecule has 5 heteroatoms. The van der Waals surface area contributed by atoms with Gasteiger partial charge in [0.2, 0.25) is 5.78 Å². The number of aliphatic carboxylic acids is 1. The van der Waals surface area contributed by atoms with E-state index in [1.54, 1.807) is 12.1 Å². The third-order valence-corrected chi connectivity index (χ3v) is 4.97. The van der Waals surface area contributed by atoms with Gasteiger partial charge in [-0.05, 0) is 25.0 Å². The second kappa shape index (κ2) is 7.94. The van der Waals surface area contributed by atoms with Crippen LogP contribution in [0.15, 0.2) is 54.6 Å². The third kappa shape index (κ3) is 4.06. The molecule has 0 fully saturated rings. The van der Waals surface area contributed by atoms with E-state index in [1.165, 1.54) is 11.3 Å². The summed E-state index contributed by atoms with van der Waals surface area (Å²) >= 11 is 1.43. The number of fused-ring (bicyclic) bond motifs is 1. The van der Waals surface area contributed by atoms with Gasteiger partial charge < -0.3 is 9.84 Å². The standard InChI is InChI=1S/C20H18O4S/c21-17(22)12-6-7-13-24-19-15-10-4-5-11-16(15)25-20(19)18(23)14-8-2-1-3-9-14/h1-5,8-11H,6-7,12-13H2,(H,21,22). The van der Waals surface area contributed by atoms with Crippen molar-refractivity contribution in [3.63, 3.8) is 0 Å². The summed E-state index contributed by atoms with van der Waals surface area (Å²) in [6.45, 7) is 0.392. The molecule has 25 heavy (non-hydrogen) atoms. The molecule has 4 nitrogen and oxygen atoms in total. The lowest BCUT2D eigenvalue weighted by molar-refractivity contribution is -0.137. The molecule has 0 saturated heterocycles. The number of carbonyl (C=O) groups is 2. The number of benzene rings is 2. The van der Waals surface area contributed by atoms with Gasteiger partial charge in [0.15, 0.2) is 0 Å². The van der Waals surface area contributed by atoms with Crippen molar-refractivity contribution in [1.29, 1.82) is 0 Å². The largest absolute Gasteiger partial charge is 0.491 e. The summed E-state index contributed by atoms with van der Waals surface area (Å²) in [5.41, 5.74) is 0.629. The molecule has 0 aliphatic carbocycles. The Hall–Kier alpha value is -2.66. The average molecular weight is 354 g/mol. The fourth-order valence-corrected chi connectivity index (χ4v) is 3.70. The molecule has 0 amide bonds. The quantitative estimate of drug-likeness (QED) is 0.468. The van der Waals surface area contributed by atoms with Crippen LogP contribution in [-0.2, 0) is 4.79 Å². The third-order valence-electron chi connectivity index (χ3n) is 3.82. The van der Waals surface area contributed by atoms with Gasteiger partial charge in [-0.3, -0.25) is 9.59 Å². The SMILES string of the molecule is O=C(O)CCCCOc1c(C(=O)c2ccccc2)sc2ccccc12. The Kier molecular flexibility index (Phi) is 5.46. The van der Waals surface area contributed by atoms with E-state index in [0.717, 1.165) is 10.1 Å². The molecule has 3 rings (SSSR count). The van der Waals surface area contributed by atoms with Gasteiger partial charge >= 0.3 is 5.97 Å². The molecule has 128 valence electrons. The van der Waals surface area contributed by atoms with Crippen molar-refractivity contribution >= 4 is 33.2 Å². The molecule has 1 aromatic heterocycles. The molecular formula is C20H18O4S. The number of carboxylic acids is 1. The van der Waals surface area contributed by atoms with Crippen molar-refractivity contribution in [2.75, 3.05) is 6.61 Å². The van der Waals surface area contributed by atoms with Crippen molar-refractivity contribution in [2.45, 2.75) is 19.3 Å². The molecule has 0 atom stereocenters. The Balaban J connectivity index is 1.85. The van der Waals surface area contributed by atoms with E-state index in [4.69, 9.17) is 9.84 Å². The lowest BCUT2D eigenvalue weighted by Crippen LogP contribution is -2.04. The van der Waals surface area contributed by atoms with Gasteiger partial charge in [-0.2, -0.15) is 0 Å². The lowest BCUT2D eigenvalue weighted by atomic mass is 10.1. The van der Waals surface area contributed by atoms with Crippen LogP contribution in [0, 0.1) is 0 Å². The lowest BCUT2D eigenvalue weighted by Gasteiger charge is -2.07. The summed E-state index contributed by atoms with van der Waals surface area (Å²) in [6.07, 6.45) is 1.32. The summed E-state index contributed by atoms with van der Waals surface area (Å²) < 4.78 is 6.91. The Morgan fingerprint density at radius 3 is 2.44 bits per heavy atom. The molecule has 0 spiro atoms.